The SMILES string of the molecule is CCCCC/C=C/C/C=C/CCCCCCCC(=O)O[C@H](COC(=O)CCCCCCCCCCC)COP(=O)(O)OC[C@@H](O)CO. The van der Waals surface area contributed by atoms with Crippen LogP contribution in [0.5, 0.6) is 0 Å². The van der Waals surface area contributed by atoms with Crippen LogP contribution in [0.4, 0.5) is 0 Å². The van der Waals surface area contributed by atoms with Gasteiger partial charge in [-0.3, -0.25) is 18.6 Å². The van der Waals surface area contributed by atoms with Crippen molar-refractivity contribution in [2.75, 3.05) is 26.4 Å². The molecule has 0 saturated heterocycles. The van der Waals surface area contributed by atoms with Gasteiger partial charge in [-0.25, -0.2) is 4.57 Å². The van der Waals surface area contributed by atoms with Gasteiger partial charge in [0, 0.05) is 12.8 Å². The molecule has 10 nitrogen and oxygen atoms in total. The Balaban J connectivity index is 4.40. The maximum absolute atomic E-state index is 12.5. The topological polar surface area (TPSA) is 149 Å². The molecule has 0 heterocycles. The normalized spacial score (nSPS) is 14.4. The number of hydrogen-bond acceptors (Lipinski definition) is 9. The smallest absolute Gasteiger partial charge is 0.462 e. The Hall–Kier alpha value is -1.55. The number of allylic oxidation sites excluding steroid dienone is 4. The molecule has 0 aliphatic heterocycles. The molecule has 0 aliphatic rings. The van der Waals surface area contributed by atoms with Gasteiger partial charge in [-0.15, -0.1) is 0 Å². The fraction of sp³-hybridized carbons (Fsp3) is 0.833. The lowest BCUT2D eigenvalue weighted by atomic mass is 10.1. The van der Waals surface area contributed by atoms with Crippen molar-refractivity contribution in [1.29, 1.82) is 0 Å². The standard InChI is InChI=1S/C36H67O10P/c1-3-5-7-9-11-13-14-15-16-17-18-20-22-24-26-28-36(40)46-34(32-45-47(41,42)44-30-33(38)29-37)31-43-35(39)27-25-23-21-19-12-10-8-6-4-2/h11,13,15-16,33-34,37-38H,3-10,12,14,17-32H2,1-2H3,(H,41,42)/b13-11+,16-15+/t33-,34+/m0/s1. The van der Waals surface area contributed by atoms with E-state index >= 15 is 0 Å². The van der Waals surface area contributed by atoms with E-state index in [2.05, 4.69) is 42.7 Å². The molecule has 1 unspecified atom stereocenters. The van der Waals surface area contributed by atoms with Crippen molar-refractivity contribution in [1.82, 2.24) is 0 Å². The summed E-state index contributed by atoms with van der Waals surface area (Å²) >= 11 is 0. The summed E-state index contributed by atoms with van der Waals surface area (Å²) in [7, 11) is -4.61. The highest BCUT2D eigenvalue weighted by atomic mass is 31.2. The summed E-state index contributed by atoms with van der Waals surface area (Å²) in [6, 6.07) is 0. The third-order valence-electron chi connectivity index (χ3n) is 7.61. The van der Waals surface area contributed by atoms with Crippen molar-refractivity contribution in [2.24, 2.45) is 0 Å². The Kier molecular flexibility index (Phi) is 31.9. The van der Waals surface area contributed by atoms with E-state index in [1.807, 2.05) is 0 Å². The van der Waals surface area contributed by atoms with Crippen LogP contribution in [0.1, 0.15) is 155 Å². The highest BCUT2D eigenvalue weighted by Crippen LogP contribution is 2.43. The zero-order valence-corrected chi connectivity index (χ0v) is 30.4. The van der Waals surface area contributed by atoms with Crippen LogP contribution in [0.25, 0.3) is 0 Å². The van der Waals surface area contributed by atoms with E-state index in [0.29, 0.717) is 12.8 Å². The number of carbonyl (C=O) groups excluding carboxylic acids is 2. The van der Waals surface area contributed by atoms with Crippen LogP contribution in [0.3, 0.4) is 0 Å². The third kappa shape index (κ3) is 32.8. The van der Waals surface area contributed by atoms with Crippen molar-refractivity contribution in [3.63, 3.8) is 0 Å². The van der Waals surface area contributed by atoms with Gasteiger partial charge >= 0.3 is 19.8 Å². The van der Waals surface area contributed by atoms with Crippen LogP contribution in [0, 0.1) is 0 Å². The van der Waals surface area contributed by atoms with Gasteiger partial charge in [0.15, 0.2) is 6.10 Å². The second-order valence-corrected chi connectivity index (χ2v) is 13.7. The minimum Gasteiger partial charge on any atom is -0.462 e. The van der Waals surface area contributed by atoms with Gasteiger partial charge in [0.2, 0.25) is 0 Å². The highest BCUT2D eigenvalue weighted by molar-refractivity contribution is 7.47. The van der Waals surface area contributed by atoms with Crippen molar-refractivity contribution >= 4 is 19.8 Å². The minimum absolute atomic E-state index is 0.170. The van der Waals surface area contributed by atoms with E-state index in [0.717, 1.165) is 64.2 Å². The Morgan fingerprint density at radius 1 is 0.638 bits per heavy atom. The van der Waals surface area contributed by atoms with Gasteiger partial charge in [-0.05, 0) is 44.9 Å². The first-order valence-electron chi connectivity index (χ1n) is 18.3. The molecule has 47 heavy (non-hydrogen) atoms. The number of aliphatic hydroxyl groups excluding tert-OH is 2. The second-order valence-electron chi connectivity index (χ2n) is 12.3. The fourth-order valence-corrected chi connectivity index (χ4v) is 5.52. The third-order valence-corrected chi connectivity index (χ3v) is 8.56. The van der Waals surface area contributed by atoms with Gasteiger partial charge in [0.1, 0.15) is 12.7 Å². The number of unbranched alkanes of at least 4 members (excludes halogenated alkanes) is 16. The molecule has 0 bridgehead atoms. The number of ether oxygens (including phenoxy) is 2. The molecular weight excluding hydrogens is 623 g/mol. The maximum Gasteiger partial charge on any atom is 0.472 e. The zero-order chi connectivity index (χ0) is 34.9. The van der Waals surface area contributed by atoms with Gasteiger partial charge in [-0.2, -0.15) is 0 Å². The first-order valence-corrected chi connectivity index (χ1v) is 19.8. The molecule has 0 spiro atoms. The van der Waals surface area contributed by atoms with Crippen molar-refractivity contribution in [3.8, 4) is 0 Å². The molecule has 3 atom stereocenters. The molecule has 0 saturated carbocycles. The Morgan fingerprint density at radius 3 is 1.68 bits per heavy atom. The number of esters is 2. The Labute approximate surface area is 285 Å². The van der Waals surface area contributed by atoms with Crippen LogP contribution in [-0.4, -0.2) is 65.7 Å². The summed E-state index contributed by atoms with van der Waals surface area (Å²) in [5.74, 6) is -0.944. The van der Waals surface area contributed by atoms with E-state index in [4.69, 9.17) is 19.1 Å². The average molecular weight is 691 g/mol. The van der Waals surface area contributed by atoms with Crippen molar-refractivity contribution < 1.29 is 47.8 Å². The summed E-state index contributed by atoms with van der Waals surface area (Å²) in [5.41, 5.74) is 0. The van der Waals surface area contributed by atoms with Crippen molar-refractivity contribution in [2.45, 2.75) is 167 Å². The molecule has 0 aromatic heterocycles. The van der Waals surface area contributed by atoms with Crippen LogP contribution in [0.2, 0.25) is 0 Å². The van der Waals surface area contributed by atoms with E-state index < -0.39 is 51.8 Å². The van der Waals surface area contributed by atoms with Gasteiger partial charge in [0.05, 0.1) is 19.8 Å². The molecule has 0 aromatic carbocycles. The van der Waals surface area contributed by atoms with E-state index in [1.54, 1.807) is 0 Å². The average Bonchev–Trinajstić information content (AvgIpc) is 3.05. The number of phosphoric ester groups is 1. The molecule has 11 heteroatoms. The molecule has 0 rings (SSSR count). The molecule has 0 radical (unpaired) electrons. The summed E-state index contributed by atoms with van der Waals surface area (Å²) in [5, 5.41) is 18.2. The fourth-order valence-electron chi connectivity index (χ4n) is 4.73. The monoisotopic (exact) mass is 690 g/mol. The molecule has 0 amide bonds. The van der Waals surface area contributed by atoms with Crippen LogP contribution in [0.15, 0.2) is 24.3 Å². The number of carbonyl (C=O) groups is 2. The largest absolute Gasteiger partial charge is 0.472 e. The lowest BCUT2D eigenvalue weighted by Gasteiger charge is -2.20. The molecule has 0 fully saturated rings. The summed E-state index contributed by atoms with van der Waals surface area (Å²) in [4.78, 5) is 34.7. The van der Waals surface area contributed by atoms with Crippen LogP contribution < -0.4 is 0 Å². The summed E-state index contributed by atoms with van der Waals surface area (Å²) in [6.45, 7) is 2.29. The first-order chi connectivity index (χ1) is 22.7. The van der Waals surface area contributed by atoms with E-state index in [-0.39, 0.29) is 19.4 Å². The quantitative estimate of drug-likeness (QED) is 0.0259. The Bertz CT molecular complexity index is 848. The molecular formula is C36H67O10P. The lowest BCUT2D eigenvalue weighted by Crippen LogP contribution is -2.29. The number of phosphoric acid groups is 1. The second kappa shape index (κ2) is 33.0. The van der Waals surface area contributed by atoms with Gasteiger partial charge < -0.3 is 24.6 Å². The number of aliphatic hydroxyl groups is 2. The van der Waals surface area contributed by atoms with Crippen LogP contribution in [-0.2, 0) is 32.7 Å². The number of rotatable bonds is 34. The summed E-state index contributed by atoms with van der Waals surface area (Å²) < 4.78 is 32.5. The summed E-state index contributed by atoms with van der Waals surface area (Å²) in [6.07, 6.45) is 28.7. The lowest BCUT2D eigenvalue weighted by molar-refractivity contribution is -0.161. The van der Waals surface area contributed by atoms with Gasteiger partial charge in [-0.1, -0.05) is 122 Å². The molecule has 0 aromatic rings. The van der Waals surface area contributed by atoms with Gasteiger partial charge in [0.25, 0.3) is 0 Å². The predicted octanol–water partition coefficient (Wildman–Crippen LogP) is 8.66. The Morgan fingerprint density at radius 2 is 1.11 bits per heavy atom. The molecule has 0 aliphatic carbocycles. The van der Waals surface area contributed by atoms with E-state index in [9.17, 15) is 24.2 Å². The van der Waals surface area contributed by atoms with Crippen molar-refractivity contribution in [3.05, 3.63) is 24.3 Å². The molecule has 3 N–H and O–H groups in total. The van der Waals surface area contributed by atoms with Crippen LogP contribution >= 0.6 is 7.82 Å². The predicted molar refractivity (Wildman–Crippen MR) is 187 cm³/mol. The highest BCUT2D eigenvalue weighted by Gasteiger charge is 2.27. The number of hydrogen-bond donors (Lipinski definition) is 3. The molecule has 276 valence electrons. The minimum atomic E-state index is -4.61. The maximum atomic E-state index is 12.5. The zero-order valence-electron chi connectivity index (χ0n) is 29.5. The first kappa shape index (κ1) is 45.5. The van der Waals surface area contributed by atoms with E-state index in [1.165, 1.54) is 51.4 Å².